The molecule has 0 amide bonds. The first kappa shape index (κ1) is 9.25. The first-order valence-corrected chi connectivity index (χ1v) is 3.65. The van der Waals surface area contributed by atoms with Crippen LogP contribution in [0, 0.1) is 0 Å². The van der Waals surface area contributed by atoms with Gasteiger partial charge in [0.25, 0.3) is 0 Å². The van der Waals surface area contributed by atoms with Crippen molar-refractivity contribution in [2.75, 3.05) is 12.8 Å². The molecule has 1 aromatic heterocycles. The minimum atomic E-state index is -0.504. The molecule has 0 unspecified atom stereocenters. The molecule has 1 aromatic rings. The van der Waals surface area contributed by atoms with Crippen molar-refractivity contribution in [1.82, 2.24) is 4.98 Å². The summed E-state index contributed by atoms with van der Waals surface area (Å²) >= 11 is 0. The Kier molecular flexibility index (Phi) is 2.64. The van der Waals surface area contributed by atoms with Crippen LogP contribution < -0.4 is 5.73 Å². The smallest absolute Gasteiger partial charge is 0.356 e. The van der Waals surface area contributed by atoms with Gasteiger partial charge in [-0.2, -0.15) is 0 Å². The molecule has 0 aliphatic heterocycles. The van der Waals surface area contributed by atoms with Crippen molar-refractivity contribution in [2.45, 2.75) is 0 Å². The van der Waals surface area contributed by atoms with Crippen LogP contribution in [0.4, 0.5) is 5.69 Å². The number of ether oxygens (including phenoxy) is 1. The Hall–Kier alpha value is -1.84. The largest absolute Gasteiger partial charge is 0.464 e. The molecular weight excluding hydrogens is 168 g/mol. The average Bonchev–Trinajstić information content (AvgIpc) is 2.15. The second-order valence-corrected chi connectivity index (χ2v) is 2.41. The molecule has 0 bridgehead atoms. The highest BCUT2D eigenvalue weighted by molar-refractivity contribution is 5.88. The molecule has 0 spiro atoms. The van der Waals surface area contributed by atoms with E-state index in [0.29, 0.717) is 11.4 Å². The van der Waals surface area contributed by atoms with Gasteiger partial charge in [-0.15, -0.1) is 0 Å². The van der Waals surface area contributed by atoms with Crippen molar-refractivity contribution in [3.63, 3.8) is 0 Å². The monoisotopic (exact) mass is 178 g/mol. The summed E-state index contributed by atoms with van der Waals surface area (Å²) in [7, 11) is 1.29. The molecule has 0 radical (unpaired) electrons. The summed E-state index contributed by atoms with van der Waals surface area (Å²) in [5.74, 6) is -0.504. The molecule has 68 valence electrons. The van der Waals surface area contributed by atoms with Gasteiger partial charge in [0.15, 0.2) is 5.69 Å². The SMILES string of the molecule is C=Cc1cc(N)cc(C(=O)OC)n1. The number of hydrogen-bond acceptors (Lipinski definition) is 4. The van der Waals surface area contributed by atoms with E-state index in [1.807, 2.05) is 0 Å². The van der Waals surface area contributed by atoms with Gasteiger partial charge in [-0.25, -0.2) is 9.78 Å². The summed E-state index contributed by atoms with van der Waals surface area (Å²) < 4.78 is 4.50. The van der Waals surface area contributed by atoms with Crippen molar-refractivity contribution < 1.29 is 9.53 Å². The van der Waals surface area contributed by atoms with Crippen LogP contribution in [-0.4, -0.2) is 18.1 Å². The number of carbonyl (C=O) groups is 1. The molecule has 0 aromatic carbocycles. The maximum Gasteiger partial charge on any atom is 0.356 e. The summed E-state index contributed by atoms with van der Waals surface area (Å²) in [4.78, 5) is 15.0. The maximum absolute atomic E-state index is 11.1. The Labute approximate surface area is 76.0 Å². The van der Waals surface area contributed by atoms with Crippen LogP contribution in [0.1, 0.15) is 16.2 Å². The average molecular weight is 178 g/mol. The van der Waals surface area contributed by atoms with Crippen LogP contribution in [-0.2, 0) is 4.74 Å². The topological polar surface area (TPSA) is 65.2 Å². The lowest BCUT2D eigenvalue weighted by Crippen LogP contribution is -2.06. The summed E-state index contributed by atoms with van der Waals surface area (Å²) in [6.07, 6.45) is 1.52. The predicted molar refractivity (Wildman–Crippen MR) is 50.1 cm³/mol. The van der Waals surface area contributed by atoms with Gasteiger partial charge in [0.05, 0.1) is 12.8 Å². The number of aromatic nitrogens is 1. The fourth-order valence-corrected chi connectivity index (χ4v) is 0.888. The molecule has 4 heteroatoms. The highest BCUT2D eigenvalue weighted by Gasteiger charge is 2.07. The lowest BCUT2D eigenvalue weighted by Gasteiger charge is -2.01. The zero-order chi connectivity index (χ0) is 9.84. The van der Waals surface area contributed by atoms with E-state index in [9.17, 15) is 4.79 Å². The second-order valence-electron chi connectivity index (χ2n) is 2.41. The zero-order valence-corrected chi connectivity index (χ0v) is 7.28. The van der Waals surface area contributed by atoms with Gasteiger partial charge in [0.2, 0.25) is 0 Å². The van der Waals surface area contributed by atoms with E-state index in [1.54, 1.807) is 6.07 Å². The highest BCUT2D eigenvalue weighted by Crippen LogP contribution is 2.09. The summed E-state index contributed by atoms with van der Waals surface area (Å²) in [6.45, 7) is 3.53. The normalized spacial score (nSPS) is 9.31. The lowest BCUT2D eigenvalue weighted by atomic mass is 10.2. The first-order valence-electron chi connectivity index (χ1n) is 3.65. The van der Waals surface area contributed by atoms with Gasteiger partial charge in [0.1, 0.15) is 0 Å². The minimum Gasteiger partial charge on any atom is -0.464 e. The van der Waals surface area contributed by atoms with E-state index in [2.05, 4.69) is 16.3 Å². The second kappa shape index (κ2) is 3.71. The van der Waals surface area contributed by atoms with E-state index in [4.69, 9.17) is 5.73 Å². The summed E-state index contributed by atoms with van der Waals surface area (Å²) in [5.41, 5.74) is 6.74. The number of anilines is 1. The number of rotatable bonds is 2. The van der Waals surface area contributed by atoms with Crippen LogP contribution >= 0.6 is 0 Å². The third kappa shape index (κ3) is 2.05. The van der Waals surface area contributed by atoms with Crippen LogP contribution in [0.15, 0.2) is 18.7 Å². The standard InChI is InChI=1S/C9H10N2O2/c1-3-7-4-6(10)5-8(11-7)9(12)13-2/h3-5H,1H2,2H3,(H2,10,11). The van der Waals surface area contributed by atoms with Crippen molar-refractivity contribution in [1.29, 1.82) is 0 Å². The molecule has 1 rings (SSSR count). The molecule has 2 N–H and O–H groups in total. The number of nitrogens with zero attached hydrogens (tertiary/aromatic N) is 1. The molecule has 0 aliphatic carbocycles. The van der Waals surface area contributed by atoms with Crippen LogP contribution in [0.5, 0.6) is 0 Å². The van der Waals surface area contributed by atoms with Gasteiger partial charge in [-0.05, 0) is 18.2 Å². The Morgan fingerprint density at radius 1 is 1.69 bits per heavy atom. The number of carbonyl (C=O) groups excluding carboxylic acids is 1. The van der Waals surface area contributed by atoms with Crippen molar-refractivity contribution in [3.8, 4) is 0 Å². The Bertz CT molecular complexity index is 347. The van der Waals surface area contributed by atoms with E-state index < -0.39 is 5.97 Å². The number of nitrogens with two attached hydrogens (primary N) is 1. The zero-order valence-electron chi connectivity index (χ0n) is 7.28. The van der Waals surface area contributed by atoms with Crippen LogP contribution in [0.2, 0.25) is 0 Å². The van der Waals surface area contributed by atoms with Crippen molar-refractivity contribution in [2.24, 2.45) is 0 Å². The molecule has 4 nitrogen and oxygen atoms in total. The molecular formula is C9H10N2O2. The Morgan fingerprint density at radius 2 is 2.38 bits per heavy atom. The van der Waals surface area contributed by atoms with E-state index in [-0.39, 0.29) is 5.69 Å². The number of hydrogen-bond donors (Lipinski definition) is 1. The Balaban J connectivity index is 3.15. The summed E-state index contributed by atoms with van der Waals surface area (Å²) in [5, 5.41) is 0. The van der Waals surface area contributed by atoms with Crippen molar-refractivity contribution >= 4 is 17.7 Å². The molecule has 0 fully saturated rings. The number of methoxy groups -OCH3 is 1. The first-order chi connectivity index (χ1) is 6.17. The summed E-state index contributed by atoms with van der Waals surface area (Å²) in [6, 6.07) is 3.08. The van der Waals surface area contributed by atoms with Gasteiger partial charge >= 0.3 is 5.97 Å². The number of esters is 1. The van der Waals surface area contributed by atoms with Crippen LogP contribution in [0.3, 0.4) is 0 Å². The van der Waals surface area contributed by atoms with E-state index in [0.717, 1.165) is 0 Å². The van der Waals surface area contributed by atoms with Gasteiger partial charge in [0, 0.05) is 5.69 Å². The maximum atomic E-state index is 11.1. The number of pyridine rings is 1. The van der Waals surface area contributed by atoms with E-state index >= 15 is 0 Å². The molecule has 1 heterocycles. The fourth-order valence-electron chi connectivity index (χ4n) is 0.888. The molecule has 0 saturated carbocycles. The fraction of sp³-hybridized carbons (Fsp3) is 0.111. The Morgan fingerprint density at radius 3 is 2.92 bits per heavy atom. The molecule has 13 heavy (non-hydrogen) atoms. The molecule has 0 saturated heterocycles. The van der Waals surface area contributed by atoms with Gasteiger partial charge < -0.3 is 10.5 Å². The third-order valence-corrected chi connectivity index (χ3v) is 1.47. The molecule has 0 aliphatic rings. The predicted octanol–water partition coefficient (Wildman–Crippen LogP) is 1.09. The quantitative estimate of drug-likeness (QED) is 0.688. The molecule has 0 atom stereocenters. The van der Waals surface area contributed by atoms with Crippen molar-refractivity contribution in [3.05, 3.63) is 30.1 Å². The van der Waals surface area contributed by atoms with Crippen LogP contribution in [0.25, 0.3) is 6.08 Å². The minimum absolute atomic E-state index is 0.192. The lowest BCUT2D eigenvalue weighted by molar-refractivity contribution is 0.0594. The third-order valence-electron chi connectivity index (χ3n) is 1.47. The number of nitrogen functional groups attached to an aromatic ring is 1. The van der Waals surface area contributed by atoms with Gasteiger partial charge in [-0.1, -0.05) is 6.58 Å². The van der Waals surface area contributed by atoms with E-state index in [1.165, 1.54) is 19.3 Å². The highest BCUT2D eigenvalue weighted by atomic mass is 16.5. The van der Waals surface area contributed by atoms with Gasteiger partial charge in [-0.3, -0.25) is 0 Å².